The van der Waals surface area contributed by atoms with Gasteiger partial charge in [-0.3, -0.25) is 0 Å². The van der Waals surface area contributed by atoms with Crippen LogP contribution >= 0.6 is 12.6 Å². The number of rotatable bonds is 2. The highest BCUT2D eigenvalue weighted by molar-refractivity contribution is 7.80. The van der Waals surface area contributed by atoms with Crippen molar-refractivity contribution < 1.29 is 4.52 Å². The Morgan fingerprint density at radius 2 is 2.00 bits per heavy atom. The van der Waals surface area contributed by atoms with Crippen molar-refractivity contribution in [1.29, 1.82) is 0 Å². The first-order chi connectivity index (χ1) is 7.83. The summed E-state index contributed by atoms with van der Waals surface area (Å²) in [6.07, 6.45) is 0. The molecular weight excluding hydrogens is 222 g/mol. The van der Waals surface area contributed by atoms with Crippen LogP contribution in [0.5, 0.6) is 0 Å². The quantitative estimate of drug-likeness (QED) is 0.775. The smallest absolute Gasteiger partial charge is 0.232 e. The van der Waals surface area contributed by atoms with Gasteiger partial charge in [-0.1, -0.05) is 5.16 Å². The van der Waals surface area contributed by atoms with Gasteiger partial charge in [-0.15, -0.1) is 12.6 Å². The fraction of sp³-hybridized carbons (Fsp3) is 0.273. The van der Waals surface area contributed by atoms with Gasteiger partial charge in [0.05, 0.1) is 5.92 Å². The van der Waals surface area contributed by atoms with Crippen LogP contribution in [-0.4, -0.2) is 23.2 Å². The van der Waals surface area contributed by atoms with Gasteiger partial charge in [0.1, 0.15) is 0 Å². The molecule has 0 bridgehead atoms. The van der Waals surface area contributed by atoms with Gasteiger partial charge < -0.3 is 9.84 Å². The van der Waals surface area contributed by atoms with Crippen molar-refractivity contribution in [2.45, 2.75) is 10.8 Å². The van der Waals surface area contributed by atoms with E-state index < -0.39 is 0 Å². The Morgan fingerprint density at radius 3 is 2.62 bits per heavy atom. The van der Waals surface area contributed by atoms with Crippen molar-refractivity contribution in [2.75, 3.05) is 13.1 Å². The third-order valence-corrected chi connectivity index (χ3v) is 3.00. The number of aromatic nitrogens is 2. The minimum Gasteiger partial charge on any atom is -0.339 e. The molecule has 2 heterocycles. The van der Waals surface area contributed by atoms with E-state index in [9.17, 15) is 0 Å². The lowest BCUT2D eigenvalue weighted by atomic mass is 10.0. The standard InChI is InChI=1S/C11H11N3OS/c16-9-3-1-7(2-4-9)10-13-11(15-14-10)8-5-12-6-8/h1-4,8,12,16H,5-6H2. The van der Waals surface area contributed by atoms with E-state index in [0.29, 0.717) is 11.7 Å². The molecular formula is C11H11N3OS. The first kappa shape index (κ1) is 9.86. The zero-order chi connectivity index (χ0) is 11.0. The molecule has 1 aliphatic heterocycles. The highest BCUT2D eigenvalue weighted by atomic mass is 32.1. The number of nitrogens with one attached hydrogen (secondary N) is 1. The Labute approximate surface area is 98.5 Å². The summed E-state index contributed by atoms with van der Waals surface area (Å²) in [7, 11) is 0. The molecule has 1 saturated heterocycles. The van der Waals surface area contributed by atoms with Crippen LogP contribution in [0.4, 0.5) is 0 Å². The van der Waals surface area contributed by atoms with Gasteiger partial charge in [-0.2, -0.15) is 4.98 Å². The molecule has 5 heteroatoms. The van der Waals surface area contributed by atoms with Crippen molar-refractivity contribution in [3.8, 4) is 11.4 Å². The second kappa shape index (κ2) is 3.92. The van der Waals surface area contributed by atoms with E-state index in [4.69, 9.17) is 4.52 Å². The summed E-state index contributed by atoms with van der Waals surface area (Å²) in [5.41, 5.74) is 0.958. The normalized spacial score (nSPS) is 16.1. The second-order valence-corrected chi connectivity index (χ2v) is 4.37. The predicted molar refractivity (Wildman–Crippen MR) is 62.6 cm³/mol. The average molecular weight is 233 g/mol. The first-order valence-electron chi connectivity index (χ1n) is 5.16. The zero-order valence-electron chi connectivity index (χ0n) is 8.55. The molecule has 3 rings (SSSR count). The summed E-state index contributed by atoms with van der Waals surface area (Å²) in [4.78, 5) is 5.32. The SMILES string of the molecule is Sc1ccc(-c2noc(C3CNC3)n2)cc1. The van der Waals surface area contributed by atoms with Crippen LogP contribution in [0, 0.1) is 0 Å². The lowest BCUT2D eigenvalue weighted by Gasteiger charge is -2.22. The third kappa shape index (κ3) is 1.72. The van der Waals surface area contributed by atoms with E-state index in [1.165, 1.54) is 0 Å². The number of benzene rings is 1. The molecule has 0 saturated carbocycles. The van der Waals surface area contributed by atoms with Crippen LogP contribution < -0.4 is 5.32 Å². The van der Waals surface area contributed by atoms with Crippen LogP contribution in [0.3, 0.4) is 0 Å². The van der Waals surface area contributed by atoms with Crippen LogP contribution in [-0.2, 0) is 0 Å². The molecule has 1 aliphatic rings. The Balaban J connectivity index is 1.88. The second-order valence-electron chi connectivity index (χ2n) is 3.86. The molecule has 1 aromatic carbocycles. The maximum absolute atomic E-state index is 5.23. The molecule has 0 radical (unpaired) electrons. The molecule has 82 valence electrons. The Morgan fingerprint density at radius 1 is 1.25 bits per heavy atom. The van der Waals surface area contributed by atoms with Crippen LogP contribution in [0.1, 0.15) is 11.8 Å². The maximum atomic E-state index is 5.23. The lowest BCUT2D eigenvalue weighted by Crippen LogP contribution is -2.40. The van der Waals surface area contributed by atoms with E-state index in [-0.39, 0.29) is 0 Å². The van der Waals surface area contributed by atoms with Crippen molar-refractivity contribution in [3.05, 3.63) is 30.2 Å². The zero-order valence-corrected chi connectivity index (χ0v) is 9.45. The number of hydrogen-bond acceptors (Lipinski definition) is 5. The minimum atomic E-state index is 0.380. The summed E-state index contributed by atoms with van der Waals surface area (Å²) in [5, 5.41) is 7.16. The molecule has 0 atom stereocenters. The summed E-state index contributed by atoms with van der Waals surface area (Å²) >= 11 is 4.23. The van der Waals surface area contributed by atoms with E-state index >= 15 is 0 Å². The molecule has 1 N–H and O–H groups in total. The van der Waals surface area contributed by atoms with E-state index in [2.05, 4.69) is 28.1 Å². The van der Waals surface area contributed by atoms with Crippen LogP contribution in [0.2, 0.25) is 0 Å². The van der Waals surface area contributed by atoms with Gasteiger partial charge in [-0.05, 0) is 24.3 Å². The number of nitrogens with zero attached hydrogens (tertiary/aromatic N) is 2. The monoisotopic (exact) mass is 233 g/mol. The molecule has 4 nitrogen and oxygen atoms in total. The maximum Gasteiger partial charge on any atom is 0.232 e. The number of hydrogen-bond donors (Lipinski definition) is 2. The molecule has 2 aromatic rings. The van der Waals surface area contributed by atoms with E-state index in [1.807, 2.05) is 24.3 Å². The third-order valence-electron chi connectivity index (χ3n) is 2.70. The van der Waals surface area contributed by atoms with Gasteiger partial charge in [-0.25, -0.2) is 0 Å². The summed E-state index contributed by atoms with van der Waals surface area (Å²) in [5.74, 6) is 1.75. The lowest BCUT2D eigenvalue weighted by molar-refractivity contribution is 0.308. The van der Waals surface area contributed by atoms with E-state index in [1.54, 1.807) is 0 Å². The van der Waals surface area contributed by atoms with Gasteiger partial charge in [0.25, 0.3) is 0 Å². The molecule has 0 aliphatic carbocycles. The van der Waals surface area contributed by atoms with Crippen molar-refractivity contribution in [1.82, 2.24) is 15.5 Å². The Hall–Kier alpha value is -1.33. The average Bonchev–Trinajstić information content (AvgIpc) is 2.65. The molecule has 16 heavy (non-hydrogen) atoms. The molecule has 0 amide bonds. The van der Waals surface area contributed by atoms with Gasteiger partial charge >= 0.3 is 0 Å². The minimum absolute atomic E-state index is 0.380. The highest BCUT2D eigenvalue weighted by Crippen LogP contribution is 2.22. The fourth-order valence-corrected chi connectivity index (χ4v) is 1.74. The highest BCUT2D eigenvalue weighted by Gasteiger charge is 2.25. The van der Waals surface area contributed by atoms with Crippen LogP contribution in [0.25, 0.3) is 11.4 Å². The Bertz CT molecular complexity index is 490. The topological polar surface area (TPSA) is 51.0 Å². The molecule has 0 spiro atoms. The summed E-state index contributed by atoms with van der Waals surface area (Å²) < 4.78 is 5.23. The largest absolute Gasteiger partial charge is 0.339 e. The molecule has 1 fully saturated rings. The van der Waals surface area contributed by atoms with Crippen molar-refractivity contribution in [2.24, 2.45) is 0 Å². The van der Waals surface area contributed by atoms with Gasteiger partial charge in [0.2, 0.25) is 11.7 Å². The predicted octanol–water partition coefficient (Wildman–Crippen LogP) is 1.71. The summed E-state index contributed by atoms with van der Waals surface area (Å²) in [6.45, 7) is 1.86. The Kier molecular flexibility index (Phi) is 2.41. The van der Waals surface area contributed by atoms with Crippen molar-refractivity contribution >= 4 is 12.6 Å². The van der Waals surface area contributed by atoms with E-state index in [0.717, 1.165) is 29.4 Å². The number of thiol groups is 1. The van der Waals surface area contributed by atoms with Gasteiger partial charge in [0, 0.05) is 23.5 Å². The fourth-order valence-electron chi connectivity index (χ4n) is 1.59. The van der Waals surface area contributed by atoms with Crippen molar-refractivity contribution in [3.63, 3.8) is 0 Å². The molecule has 0 unspecified atom stereocenters. The first-order valence-corrected chi connectivity index (χ1v) is 5.61. The summed E-state index contributed by atoms with van der Waals surface area (Å²) in [6, 6.07) is 7.71. The van der Waals surface area contributed by atoms with Crippen LogP contribution in [0.15, 0.2) is 33.7 Å². The molecule has 1 aromatic heterocycles. The van der Waals surface area contributed by atoms with Gasteiger partial charge in [0.15, 0.2) is 0 Å².